The lowest BCUT2D eigenvalue weighted by Crippen LogP contribution is -2.48. The minimum absolute atomic E-state index is 0.0883. The minimum atomic E-state index is -0.308. The summed E-state index contributed by atoms with van der Waals surface area (Å²) in [6, 6.07) is 0. The van der Waals surface area contributed by atoms with Gasteiger partial charge in [-0.2, -0.15) is 0 Å². The van der Waals surface area contributed by atoms with Crippen molar-refractivity contribution >= 4 is 11.9 Å². The van der Waals surface area contributed by atoms with E-state index in [4.69, 9.17) is 9.47 Å². The van der Waals surface area contributed by atoms with Crippen LogP contribution >= 0.6 is 0 Å². The molecule has 0 heterocycles. The molecule has 0 aliphatic carbocycles. The summed E-state index contributed by atoms with van der Waals surface area (Å²) >= 11 is 0. The predicted molar refractivity (Wildman–Crippen MR) is 199 cm³/mol. The zero-order chi connectivity index (χ0) is 35.4. The van der Waals surface area contributed by atoms with Crippen molar-refractivity contribution in [3.8, 4) is 0 Å². The van der Waals surface area contributed by atoms with Gasteiger partial charge in [-0.15, -0.1) is 0 Å². The smallest absolute Gasteiger partial charge is 0.306 e. The molecule has 0 unspecified atom stereocenters. The highest BCUT2D eigenvalue weighted by Crippen LogP contribution is 2.13. The zero-order valence-electron chi connectivity index (χ0n) is 33.0. The average molecular weight is 672 g/mol. The maximum Gasteiger partial charge on any atom is 0.306 e. The third kappa shape index (κ3) is 28.3. The molecule has 0 aromatic rings. The molecule has 47 heavy (non-hydrogen) atoms. The number of esters is 2. The Morgan fingerprint density at radius 1 is 0.468 bits per heavy atom. The average Bonchev–Trinajstić information content (AvgIpc) is 3.04. The molecule has 0 bridgehead atoms. The number of unbranched alkanes of at least 4 members (excludes halogenated alkanes) is 9. The fourth-order valence-corrected chi connectivity index (χ4v) is 5.79. The van der Waals surface area contributed by atoms with Gasteiger partial charge in [-0.25, -0.2) is 0 Å². The molecule has 0 fully saturated rings. The van der Waals surface area contributed by atoms with Gasteiger partial charge in [-0.3, -0.25) is 9.59 Å². The van der Waals surface area contributed by atoms with Crippen molar-refractivity contribution in [2.75, 3.05) is 127 Å². The van der Waals surface area contributed by atoms with Gasteiger partial charge >= 0.3 is 11.9 Å². The minimum Gasteiger partial charge on any atom is -0.460 e. The van der Waals surface area contributed by atoms with Crippen LogP contribution in [0.25, 0.3) is 0 Å². The number of hydrogen-bond donors (Lipinski definition) is 0. The van der Waals surface area contributed by atoms with E-state index in [1.807, 2.05) is 0 Å². The van der Waals surface area contributed by atoms with Crippen molar-refractivity contribution in [2.24, 2.45) is 0 Å². The number of likely N-dealkylation sites (N-methyl/N-ethyl adjacent to an activating group) is 2. The third-order valence-corrected chi connectivity index (χ3v) is 10.0. The second-order valence-electron chi connectivity index (χ2n) is 15.0. The fourth-order valence-electron chi connectivity index (χ4n) is 5.79. The lowest BCUT2D eigenvalue weighted by atomic mass is 10.1. The van der Waals surface area contributed by atoms with Gasteiger partial charge in [0, 0.05) is 0 Å². The van der Waals surface area contributed by atoms with Crippen molar-refractivity contribution in [3.05, 3.63) is 0 Å². The van der Waals surface area contributed by atoms with Crippen LogP contribution < -0.4 is 0 Å². The molecular weight excluding hydrogens is 590 g/mol. The fraction of sp³-hybridized carbons (Fsp3) is 0.947. The number of hydrogen-bond acceptors (Lipinski definition) is 7. The Bertz CT molecular complexity index is 744. The van der Waals surface area contributed by atoms with E-state index in [9.17, 15) is 9.59 Å². The van der Waals surface area contributed by atoms with E-state index >= 15 is 0 Å². The summed E-state index contributed by atoms with van der Waals surface area (Å²) in [6.07, 6.45) is 15.1. The molecule has 9 nitrogen and oxygen atoms in total. The van der Waals surface area contributed by atoms with Crippen molar-refractivity contribution < 1.29 is 28.0 Å². The molecule has 9 heteroatoms. The summed E-state index contributed by atoms with van der Waals surface area (Å²) in [5.74, 6) is -0.604. The van der Waals surface area contributed by atoms with Crippen LogP contribution in [0.3, 0.4) is 0 Å². The van der Waals surface area contributed by atoms with E-state index in [1.165, 1.54) is 96.7 Å². The monoisotopic (exact) mass is 672 g/mol. The zero-order valence-corrected chi connectivity index (χ0v) is 33.0. The molecule has 280 valence electrons. The van der Waals surface area contributed by atoms with Gasteiger partial charge in [0.1, 0.15) is 26.3 Å². The highest BCUT2D eigenvalue weighted by molar-refractivity contribution is 5.77. The van der Waals surface area contributed by atoms with Gasteiger partial charge in [-0.05, 0) is 118 Å². The topological polar surface area (TPSA) is 62.3 Å². The second-order valence-corrected chi connectivity index (χ2v) is 15.0. The predicted octanol–water partition coefficient (Wildman–Crippen LogP) is 5.91. The maximum absolute atomic E-state index is 12.5. The highest BCUT2D eigenvalue weighted by atomic mass is 16.5. The first-order chi connectivity index (χ1) is 22.4. The number of carbonyl (C=O) groups excluding carboxylic acids is 2. The first kappa shape index (κ1) is 45.7. The van der Waals surface area contributed by atoms with Gasteiger partial charge in [0.15, 0.2) is 0 Å². The van der Waals surface area contributed by atoms with E-state index in [0.29, 0.717) is 13.2 Å². The third-order valence-electron chi connectivity index (χ3n) is 10.0. The van der Waals surface area contributed by atoms with E-state index in [-0.39, 0.29) is 24.8 Å². The van der Waals surface area contributed by atoms with Gasteiger partial charge in [-0.1, -0.05) is 40.0 Å². The van der Waals surface area contributed by atoms with Crippen molar-refractivity contribution in [2.45, 2.75) is 111 Å². The molecule has 0 saturated carbocycles. The molecule has 0 N–H and O–H groups in total. The summed E-state index contributed by atoms with van der Waals surface area (Å²) in [5, 5.41) is 0. The summed E-state index contributed by atoms with van der Waals surface area (Å²) < 4.78 is 12.9. The van der Waals surface area contributed by atoms with Crippen LogP contribution in [-0.2, 0) is 19.1 Å². The molecule has 0 aromatic carbocycles. The van der Waals surface area contributed by atoms with Gasteiger partial charge in [0.05, 0.1) is 53.6 Å². The van der Waals surface area contributed by atoms with Crippen molar-refractivity contribution in [1.29, 1.82) is 0 Å². The van der Waals surface area contributed by atoms with E-state index in [0.717, 1.165) is 61.3 Å². The Morgan fingerprint density at radius 3 is 1.19 bits per heavy atom. The van der Waals surface area contributed by atoms with E-state index in [1.54, 1.807) is 0 Å². The Balaban J connectivity index is 4.37. The Kier molecular flexibility index (Phi) is 27.8. The summed E-state index contributed by atoms with van der Waals surface area (Å²) in [7, 11) is 13.3. The van der Waals surface area contributed by atoms with Crippen LogP contribution in [-0.4, -0.2) is 163 Å². The van der Waals surface area contributed by atoms with Crippen LogP contribution in [0.5, 0.6) is 0 Å². The quantitative estimate of drug-likeness (QED) is 0.0489. The van der Waals surface area contributed by atoms with Crippen LogP contribution in [0.15, 0.2) is 0 Å². The molecule has 0 aliphatic rings. The van der Waals surface area contributed by atoms with E-state index in [2.05, 4.69) is 77.8 Å². The lowest BCUT2D eigenvalue weighted by molar-refractivity contribution is -0.910. The second kappa shape index (κ2) is 28.6. The molecular formula is C38H81N5O4+2. The first-order valence-electron chi connectivity index (χ1n) is 19.4. The van der Waals surface area contributed by atoms with Crippen LogP contribution in [0, 0.1) is 0 Å². The SMILES string of the molecule is CCN(C)CCCCCC[N+](C)(C)CCOC(=O)CCC(=O)OCC[N+](C)(CCCCCCN(C)CC)CCCCCCN(C)CC. The van der Waals surface area contributed by atoms with Crippen molar-refractivity contribution in [3.63, 3.8) is 0 Å². The number of ether oxygens (including phenoxy) is 2. The number of rotatable bonds is 33. The maximum atomic E-state index is 12.5. The summed E-state index contributed by atoms with van der Waals surface area (Å²) in [4.78, 5) is 31.9. The molecule has 0 saturated heterocycles. The number of quaternary nitrogens is 2. The number of carbonyl (C=O) groups is 2. The largest absolute Gasteiger partial charge is 0.460 e. The van der Waals surface area contributed by atoms with Crippen LogP contribution in [0.1, 0.15) is 111 Å². The van der Waals surface area contributed by atoms with Gasteiger partial charge in [0.2, 0.25) is 0 Å². The van der Waals surface area contributed by atoms with Gasteiger partial charge < -0.3 is 33.1 Å². The Morgan fingerprint density at radius 2 is 0.809 bits per heavy atom. The molecule has 0 aliphatic heterocycles. The first-order valence-corrected chi connectivity index (χ1v) is 19.4. The van der Waals surface area contributed by atoms with Crippen LogP contribution in [0.4, 0.5) is 0 Å². The Hall–Kier alpha value is -1.26. The van der Waals surface area contributed by atoms with Crippen LogP contribution in [0.2, 0.25) is 0 Å². The molecule has 0 aromatic heterocycles. The molecule has 0 radical (unpaired) electrons. The Labute approximate surface area is 292 Å². The van der Waals surface area contributed by atoms with Gasteiger partial charge in [0.25, 0.3) is 0 Å². The number of nitrogens with zero attached hydrogens (tertiary/aromatic N) is 5. The van der Waals surface area contributed by atoms with E-state index < -0.39 is 0 Å². The highest BCUT2D eigenvalue weighted by Gasteiger charge is 2.22. The summed E-state index contributed by atoms with van der Waals surface area (Å²) in [5.41, 5.74) is 0. The molecule has 0 rings (SSSR count). The molecule has 0 amide bonds. The normalized spacial score (nSPS) is 12.4. The molecule has 0 spiro atoms. The van der Waals surface area contributed by atoms with Crippen molar-refractivity contribution in [1.82, 2.24) is 14.7 Å². The lowest BCUT2D eigenvalue weighted by Gasteiger charge is -2.34. The standard InChI is InChI=1S/C38H81N5O4/c1-10-39(4)27-19-13-16-22-30-42(7,8)33-35-46-37(44)25-26-38(45)47-36-34-43(9,31-23-17-14-20-28-40(5)11-2)32-24-18-15-21-29-41(6)12-3/h10-36H2,1-9H3/q+2. The summed E-state index contributed by atoms with van der Waals surface area (Å²) in [6.45, 7) is 19.2. The molecule has 0 atom stereocenters.